The molecule has 0 unspecified atom stereocenters. The molecule has 2 aromatic carbocycles. The van der Waals surface area contributed by atoms with Gasteiger partial charge < -0.3 is 4.74 Å². The molecule has 0 atom stereocenters. The minimum atomic E-state index is -0.406. The van der Waals surface area contributed by atoms with Gasteiger partial charge in [0.25, 0.3) is 11.8 Å². The Morgan fingerprint density at radius 2 is 1.63 bits per heavy atom. The number of hydrogen-bond acceptors (Lipinski definition) is 4. The average Bonchev–Trinajstić information content (AvgIpc) is 2.66. The van der Waals surface area contributed by atoms with Crippen molar-refractivity contribution in [2.75, 3.05) is 7.11 Å². The molecule has 0 radical (unpaired) electrons. The van der Waals surface area contributed by atoms with Crippen LogP contribution in [-0.2, 0) is 0 Å². The minimum Gasteiger partial charge on any atom is -0.496 e. The van der Waals surface area contributed by atoms with Gasteiger partial charge in [-0.1, -0.05) is 26.0 Å². The van der Waals surface area contributed by atoms with Crippen molar-refractivity contribution in [1.82, 2.24) is 16.2 Å². The van der Waals surface area contributed by atoms with Gasteiger partial charge in [0.2, 0.25) is 0 Å². The van der Waals surface area contributed by atoms with Crippen molar-refractivity contribution in [2.45, 2.75) is 19.8 Å². The third-order valence-corrected chi connectivity index (χ3v) is 4.59. The molecule has 2 rings (SSSR count). The fourth-order valence-electron chi connectivity index (χ4n) is 2.22. The Morgan fingerprint density at radius 3 is 2.19 bits per heavy atom. The van der Waals surface area contributed by atoms with Gasteiger partial charge in [-0.15, -0.1) is 0 Å². The maximum Gasteiger partial charge on any atom is 0.269 e. The lowest BCUT2D eigenvalue weighted by Gasteiger charge is -2.12. The van der Waals surface area contributed by atoms with Crippen molar-refractivity contribution in [1.29, 1.82) is 0 Å². The molecule has 8 heteroatoms. The minimum absolute atomic E-state index is 0.00568. The second kappa shape index (κ2) is 9.48. The molecule has 0 fully saturated rings. The quantitative estimate of drug-likeness (QED) is 0.491. The van der Waals surface area contributed by atoms with Gasteiger partial charge in [0.1, 0.15) is 5.75 Å². The van der Waals surface area contributed by atoms with Crippen LogP contribution in [0.2, 0.25) is 0 Å². The summed E-state index contributed by atoms with van der Waals surface area (Å²) < 4.78 is 5.77. The Morgan fingerprint density at radius 1 is 1.00 bits per heavy atom. The second-order valence-electron chi connectivity index (χ2n) is 5.99. The summed E-state index contributed by atoms with van der Waals surface area (Å²) in [5.41, 5.74) is 6.97. The first-order valence-electron chi connectivity index (χ1n) is 8.17. The van der Waals surface area contributed by atoms with Gasteiger partial charge in [-0.25, -0.2) is 0 Å². The van der Waals surface area contributed by atoms with Crippen molar-refractivity contribution < 1.29 is 14.3 Å². The first-order valence-corrected chi connectivity index (χ1v) is 9.37. The lowest BCUT2D eigenvalue weighted by molar-refractivity contribution is 0.0934. The maximum atomic E-state index is 12.2. The molecular formula is C19H20BrN3O3S. The van der Waals surface area contributed by atoms with Crippen LogP contribution in [0.25, 0.3) is 0 Å². The van der Waals surface area contributed by atoms with Gasteiger partial charge in [-0.3, -0.25) is 25.8 Å². The molecule has 0 spiro atoms. The van der Waals surface area contributed by atoms with Crippen molar-refractivity contribution >= 4 is 45.1 Å². The molecule has 0 bridgehead atoms. The van der Waals surface area contributed by atoms with E-state index in [1.54, 1.807) is 37.4 Å². The summed E-state index contributed by atoms with van der Waals surface area (Å²) in [6.45, 7) is 4.16. The number of methoxy groups -OCH3 is 1. The first-order chi connectivity index (χ1) is 12.8. The predicted octanol–water partition coefficient (Wildman–Crippen LogP) is 3.53. The summed E-state index contributed by atoms with van der Waals surface area (Å²) in [5, 5.41) is 2.51. The van der Waals surface area contributed by atoms with Crippen molar-refractivity contribution in [3.05, 3.63) is 63.6 Å². The SMILES string of the molecule is COc1ccc(C(=O)NNC(=S)NC(=O)c2ccc(C(C)C)cc2)cc1Br. The summed E-state index contributed by atoms with van der Waals surface area (Å²) in [6.07, 6.45) is 0. The van der Waals surface area contributed by atoms with E-state index in [4.69, 9.17) is 17.0 Å². The van der Waals surface area contributed by atoms with Crippen LogP contribution < -0.4 is 20.9 Å². The van der Waals surface area contributed by atoms with Crippen molar-refractivity contribution in [3.63, 3.8) is 0 Å². The molecular weight excluding hydrogens is 430 g/mol. The van der Waals surface area contributed by atoms with Gasteiger partial charge in [0, 0.05) is 11.1 Å². The normalized spacial score (nSPS) is 10.3. The van der Waals surface area contributed by atoms with E-state index in [1.807, 2.05) is 12.1 Å². The number of thiocarbonyl (C=S) groups is 1. The highest BCUT2D eigenvalue weighted by Crippen LogP contribution is 2.25. The highest BCUT2D eigenvalue weighted by molar-refractivity contribution is 9.10. The highest BCUT2D eigenvalue weighted by Gasteiger charge is 2.11. The van der Waals surface area contributed by atoms with Crippen LogP contribution in [0.15, 0.2) is 46.9 Å². The molecule has 27 heavy (non-hydrogen) atoms. The topological polar surface area (TPSA) is 79.5 Å². The maximum absolute atomic E-state index is 12.2. The van der Waals surface area contributed by atoms with E-state index < -0.39 is 5.91 Å². The Balaban J connectivity index is 1.88. The van der Waals surface area contributed by atoms with E-state index in [0.717, 1.165) is 5.56 Å². The molecule has 142 valence electrons. The number of hydrazine groups is 1. The molecule has 0 aliphatic carbocycles. The Kier molecular flexibility index (Phi) is 7.32. The van der Waals surface area contributed by atoms with Crippen LogP contribution >= 0.6 is 28.1 Å². The van der Waals surface area contributed by atoms with Crippen molar-refractivity contribution in [3.8, 4) is 5.75 Å². The summed E-state index contributed by atoms with van der Waals surface area (Å²) in [5.74, 6) is 0.240. The van der Waals surface area contributed by atoms with Crippen molar-refractivity contribution in [2.24, 2.45) is 0 Å². The molecule has 6 nitrogen and oxygen atoms in total. The molecule has 2 aromatic rings. The Bertz CT molecular complexity index is 854. The third kappa shape index (κ3) is 5.77. The summed E-state index contributed by atoms with van der Waals surface area (Å²) in [6, 6.07) is 12.2. The summed E-state index contributed by atoms with van der Waals surface area (Å²) in [7, 11) is 1.54. The molecule has 0 saturated heterocycles. The van der Waals surface area contributed by atoms with Gasteiger partial charge in [0.05, 0.1) is 11.6 Å². The summed E-state index contributed by atoms with van der Waals surface area (Å²) >= 11 is 8.36. The van der Waals surface area contributed by atoms with Crippen LogP contribution in [-0.4, -0.2) is 24.0 Å². The van der Waals surface area contributed by atoms with E-state index >= 15 is 0 Å². The predicted molar refractivity (Wildman–Crippen MR) is 112 cm³/mol. The largest absolute Gasteiger partial charge is 0.496 e. The molecule has 0 aliphatic heterocycles. The van der Waals surface area contributed by atoms with Gasteiger partial charge in [0.15, 0.2) is 5.11 Å². The fourth-order valence-corrected chi connectivity index (χ4v) is 2.90. The zero-order valence-corrected chi connectivity index (χ0v) is 17.5. The number of carbonyl (C=O) groups is 2. The number of rotatable bonds is 4. The number of halogens is 1. The third-order valence-electron chi connectivity index (χ3n) is 3.77. The standard InChI is InChI=1S/C19H20BrN3O3S/c1-11(2)12-4-6-13(7-5-12)17(24)21-19(27)23-22-18(25)14-8-9-16(26-3)15(20)10-14/h4-11H,1-3H3,(H,22,25)(H2,21,23,24,27). The molecule has 2 amide bonds. The van der Waals surface area contributed by atoms with Crippen LogP contribution in [0.4, 0.5) is 0 Å². The fraction of sp³-hybridized carbons (Fsp3) is 0.211. The van der Waals surface area contributed by atoms with Crippen LogP contribution in [0.5, 0.6) is 5.75 Å². The zero-order chi connectivity index (χ0) is 20.0. The second-order valence-corrected chi connectivity index (χ2v) is 7.25. The molecule has 0 heterocycles. The monoisotopic (exact) mass is 449 g/mol. The average molecular weight is 450 g/mol. The summed E-state index contributed by atoms with van der Waals surface area (Å²) in [4.78, 5) is 24.3. The lowest BCUT2D eigenvalue weighted by Crippen LogP contribution is -2.48. The van der Waals surface area contributed by atoms with E-state index in [-0.39, 0.29) is 11.0 Å². The Labute approximate surface area is 171 Å². The Hall–Kier alpha value is -2.45. The van der Waals surface area contributed by atoms with Crippen LogP contribution in [0.3, 0.4) is 0 Å². The highest BCUT2D eigenvalue weighted by atomic mass is 79.9. The van der Waals surface area contributed by atoms with Gasteiger partial charge in [-0.05, 0) is 70.0 Å². The smallest absolute Gasteiger partial charge is 0.269 e. The zero-order valence-electron chi connectivity index (χ0n) is 15.1. The number of hydrogen-bond donors (Lipinski definition) is 3. The van der Waals surface area contributed by atoms with E-state index in [2.05, 4.69) is 45.9 Å². The van der Waals surface area contributed by atoms with Gasteiger partial charge in [-0.2, -0.15) is 0 Å². The van der Waals surface area contributed by atoms with Gasteiger partial charge >= 0.3 is 0 Å². The van der Waals surface area contributed by atoms with E-state index in [1.165, 1.54) is 0 Å². The van der Waals surface area contributed by atoms with E-state index in [0.29, 0.717) is 27.3 Å². The number of amides is 2. The van der Waals surface area contributed by atoms with Crippen LogP contribution in [0.1, 0.15) is 46.0 Å². The van der Waals surface area contributed by atoms with Crippen LogP contribution in [0, 0.1) is 0 Å². The number of benzene rings is 2. The number of ether oxygens (including phenoxy) is 1. The molecule has 3 N–H and O–H groups in total. The van der Waals surface area contributed by atoms with E-state index in [9.17, 15) is 9.59 Å². The molecule has 0 aromatic heterocycles. The molecule has 0 aliphatic rings. The first kappa shape index (κ1) is 20.9. The number of nitrogens with one attached hydrogen (secondary N) is 3. The lowest BCUT2D eigenvalue weighted by atomic mass is 10.0. The molecule has 0 saturated carbocycles. The number of carbonyl (C=O) groups excluding carboxylic acids is 2.